The number of aromatic nitrogens is 1. The molecule has 0 atom stereocenters. The molecule has 1 aromatic heterocycles. The van der Waals surface area contributed by atoms with Gasteiger partial charge in [0.05, 0.1) is 12.8 Å². The second-order valence-corrected chi connectivity index (χ2v) is 5.08. The molecular formula is C17H24N2O. The minimum Gasteiger partial charge on any atom is -0.495 e. The Morgan fingerprint density at radius 1 is 1.20 bits per heavy atom. The number of aryl methyl sites for hydroxylation is 1. The Bertz CT molecular complexity index is 572. The van der Waals surface area contributed by atoms with E-state index in [0.717, 1.165) is 30.9 Å². The van der Waals surface area contributed by atoms with E-state index in [1.165, 1.54) is 17.0 Å². The fraction of sp³-hybridized carbons (Fsp3) is 0.412. The van der Waals surface area contributed by atoms with E-state index in [2.05, 4.69) is 42.8 Å². The molecule has 1 N–H and O–H groups in total. The van der Waals surface area contributed by atoms with E-state index in [1.54, 1.807) is 7.11 Å². The fourth-order valence-corrected chi connectivity index (χ4v) is 2.59. The van der Waals surface area contributed by atoms with Crippen LogP contribution in [0.3, 0.4) is 0 Å². The summed E-state index contributed by atoms with van der Waals surface area (Å²) in [5.74, 6) is 0.905. The van der Waals surface area contributed by atoms with Crippen LogP contribution in [0.25, 0.3) is 5.69 Å². The highest BCUT2D eigenvalue weighted by Gasteiger charge is 2.13. The molecule has 0 radical (unpaired) electrons. The van der Waals surface area contributed by atoms with Gasteiger partial charge < -0.3 is 14.6 Å². The van der Waals surface area contributed by atoms with Crippen molar-refractivity contribution in [1.29, 1.82) is 0 Å². The normalized spacial score (nSPS) is 10.8. The van der Waals surface area contributed by atoms with E-state index >= 15 is 0 Å². The van der Waals surface area contributed by atoms with E-state index in [4.69, 9.17) is 4.74 Å². The van der Waals surface area contributed by atoms with Crippen LogP contribution >= 0.6 is 0 Å². The standard InChI is InChI=1S/C17H24N2O/c1-5-10-18-12-15-11-13(2)19(14(15)3)16-8-6-7-9-17(16)20-4/h6-9,11,18H,5,10,12H2,1-4H3. The van der Waals surface area contributed by atoms with Gasteiger partial charge in [-0.1, -0.05) is 19.1 Å². The van der Waals surface area contributed by atoms with Crippen molar-refractivity contribution in [3.05, 3.63) is 47.3 Å². The van der Waals surface area contributed by atoms with Crippen LogP contribution < -0.4 is 10.1 Å². The third-order valence-electron chi connectivity index (χ3n) is 3.60. The van der Waals surface area contributed by atoms with Gasteiger partial charge in [0.25, 0.3) is 0 Å². The topological polar surface area (TPSA) is 26.2 Å². The van der Waals surface area contributed by atoms with E-state index < -0.39 is 0 Å². The Hall–Kier alpha value is -1.74. The molecule has 1 heterocycles. The molecule has 0 bridgehead atoms. The van der Waals surface area contributed by atoms with Gasteiger partial charge in [0.1, 0.15) is 5.75 Å². The van der Waals surface area contributed by atoms with Gasteiger partial charge in [0, 0.05) is 17.9 Å². The van der Waals surface area contributed by atoms with Crippen LogP contribution in [-0.2, 0) is 6.54 Å². The number of hydrogen-bond donors (Lipinski definition) is 1. The SMILES string of the molecule is CCCNCc1cc(C)n(-c2ccccc2OC)c1C. The highest BCUT2D eigenvalue weighted by atomic mass is 16.5. The lowest BCUT2D eigenvalue weighted by molar-refractivity contribution is 0.412. The first kappa shape index (κ1) is 14.7. The molecule has 0 saturated carbocycles. The molecule has 108 valence electrons. The van der Waals surface area contributed by atoms with Gasteiger partial charge in [-0.15, -0.1) is 0 Å². The van der Waals surface area contributed by atoms with E-state index in [-0.39, 0.29) is 0 Å². The summed E-state index contributed by atoms with van der Waals surface area (Å²) in [5.41, 5.74) is 4.96. The highest BCUT2D eigenvalue weighted by molar-refractivity contribution is 5.50. The summed E-state index contributed by atoms with van der Waals surface area (Å²) < 4.78 is 7.75. The summed E-state index contributed by atoms with van der Waals surface area (Å²) in [6.45, 7) is 8.47. The van der Waals surface area contributed by atoms with Gasteiger partial charge in [-0.3, -0.25) is 0 Å². The first-order valence-electron chi connectivity index (χ1n) is 7.21. The Kier molecular flexibility index (Phi) is 4.85. The second-order valence-electron chi connectivity index (χ2n) is 5.08. The van der Waals surface area contributed by atoms with Crippen LogP contribution in [0.15, 0.2) is 30.3 Å². The molecule has 3 nitrogen and oxygen atoms in total. The number of hydrogen-bond acceptors (Lipinski definition) is 2. The zero-order valence-electron chi connectivity index (χ0n) is 12.9. The summed E-state index contributed by atoms with van der Waals surface area (Å²) in [6.07, 6.45) is 1.16. The maximum Gasteiger partial charge on any atom is 0.142 e. The molecule has 20 heavy (non-hydrogen) atoms. The number of rotatable bonds is 6. The third-order valence-corrected chi connectivity index (χ3v) is 3.60. The molecular weight excluding hydrogens is 248 g/mol. The maximum absolute atomic E-state index is 5.48. The van der Waals surface area contributed by atoms with Crippen LogP contribution in [0, 0.1) is 13.8 Å². The lowest BCUT2D eigenvalue weighted by Crippen LogP contribution is -2.14. The van der Waals surface area contributed by atoms with Crippen LogP contribution in [-0.4, -0.2) is 18.2 Å². The lowest BCUT2D eigenvalue weighted by atomic mass is 10.2. The van der Waals surface area contributed by atoms with Gasteiger partial charge in [0.2, 0.25) is 0 Å². The molecule has 3 heteroatoms. The Morgan fingerprint density at radius 3 is 2.65 bits per heavy atom. The largest absolute Gasteiger partial charge is 0.495 e. The zero-order valence-corrected chi connectivity index (χ0v) is 12.9. The average molecular weight is 272 g/mol. The van der Waals surface area contributed by atoms with E-state index in [1.807, 2.05) is 18.2 Å². The number of ether oxygens (including phenoxy) is 1. The van der Waals surface area contributed by atoms with Crippen molar-refractivity contribution < 1.29 is 4.74 Å². The number of benzene rings is 1. The van der Waals surface area contributed by atoms with Crippen molar-refractivity contribution in [2.45, 2.75) is 33.7 Å². The second kappa shape index (κ2) is 6.62. The fourth-order valence-electron chi connectivity index (χ4n) is 2.59. The van der Waals surface area contributed by atoms with Gasteiger partial charge in [-0.2, -0.15) is 0 Å². The van der Waals surface area contributed by atoms with Gasteiger partial charge in [-0.25, -0.2) is 0 Å². The van der Waals surface area contributed by atoms with E-state index in [0.29, 0.717) is 0 Å². The highest BCUT2D eigenvalue weighted by Crippen LogP contribution is 2.27. The number of methoxy groups -OCH3 is 1. The Morgan fingerprint density at radius 2 is 1.95 bits per heavy atom. The molecule has 2 rings (SSSR count). The number of nitrogens with zero attached hydrogens (tertiary/aromatic N) is 1. The predicted octanol–water partition coefficient (Wildman–Crippen LogP) is 3.60. The monoisotopic (exact) mass is 272 g/mol. The molecule has 2 aromatic rings. The molecule has 1 aromatic carbocycles. The third kappa shape index (κ3) is 2.88. The minimum atomic E-state index is 0.905. The Labute approximate surface area is 121 Å². The zero-order chi connectivity index (χ0) is 14.5. The predicted molar refractivity (Wildman–Crippen MR) is 83.8 cm³/mol. The molecule has 0 fully saturated rings. The van der Waals surface area contributed by atoms with Crippen molar-refractivity contribution in [1.82, 2.24) is 9.88 Å². The van der Waals surface area contributed by atoms with Crippen LogP contribution in [0.2, 0.25) is 0 Å². The number of para-hydroxylation sites is 2. The van der Waals surface area contributed by atoms with Gasteiger partial charge in [0.15, 0.2) is 0 Å². The lowest BCUT2D eigenvalue weighted by Gasteiger charge is -2.14. The summed E-state index contributed by atoms with van der Waals surface area (Å²) in [5, 5.41) is 3.47. The van der Waals surface area contributed by atoms with Crippen molar-refractivity contribution in [3.8, 4) is 11.4 Å². The van der Waals surface area contributed by atoms with Crippen LogP contribution in [0.4, 0.5) is 0 Å². The molecule has 0 aliphatic heterocycles. The van der Waals surface area contributed by atoms with E-state index in [9.17, 15) is 0 Å². The quantitative estimate of drug-likeness (QED) is 0.813. The smallest absolute Gasteiger partial charge is 0.142 e. The summed E-state index contributed by atoms with van der Waals surface area (Å²) in [7, 11) is 1.72. The van der Waals surface area contributed by atoms with Crippen molar-refractivity contribution in [2.24, 2.45) is 0 Å². The average Bonchev–Trinajstić information content (AvgIpc) is 2.74. The first-order valence-corrected chi connectivity index (χ1v) is 7.21. The van der Waals surface area contributed by atoms with Crippen molar-refractivity contribution in [3.63, 3.8) is 0 Å². The number of nitrogens with one attached hydrogen (secondary N) is 1. The molecule has 0 aliphatic rings. The summed E-state index contributed by atoms with van der Waals surface area (Å²) >= 11 is 0. The molecule has 0 aliphatic carbocycles. The van der Waals surface area contributed by atoms with Gasteiger partial charge in [-0.05, 0) is 50.6 Å². The van der Waals surface area contributed by atoms with Crippen molar-refractivity contribution in [2.75, 3.05) is 13.7 Å². The maximum atomic E-state index is 5.48. The molecule has 0 spiro atoms. The van der Waals surface area contributed by atoms with Crippen LogP contribution in [0.5, 0.6) is 5.75 Å². The summed E-state index contributed by atoms with van der Waals surface area (Å²) in [4.78, 5) is 0. The van der Waals surface area contributed by atoms with Gasteiger partial charge >= 0.3 is 0 Å². The Balaban J connectivity index is 2.37. The minimum absolute atomic E-state index is 0.905. The molecule has 0 unspecified atom stereocenters. The van der Waals surface area contributed by atoms with Crippen molar-refractivity contribution >= 4 is 0 Å². The summed E-state index contributed by atoms with van der Waals surface area (Å²) in [6, 6.07) is 10.4. The first-order chi connectivity index (χ1) is 9.69. The molecule has 0 saturated heterocycles. The van der Waals surface area contributed by atoms with Crippen LogP contribution in [0.1, 0.15) is 30.3 Å². The molecule has 0 amide bonds.